The number of rotatable bonds is 4. The predicted molar refractivity (Wildman–Crippen MR) is 64.1 cm³/mol. The summed E-state index contributed by atoms with van der Waals surface area (Å²) in [4.78, 5) is 0. The van der Waals surface area contributed by atoms with Crippen LogP contribution < -0.4 is 5.73 Å². The summed E-state index contributed by atoms with van der Waals surface area (Å²) < 4.78 is 11.6. The third-order valence-electron chi connectivity index (χ3n) is 3.72. The summed E-state index contributed by atoms with van der Waals surface area (Å²) in [6, 6.07) is -0.0738. The second kappa shape index (κ2) is 5.19. The zero-order chi connectivity index (χ0) is 11.4. The van der Waals surface area contributed by atoms with Crippen molar-refractivity contribution in [3.05, 3.63) is 11.8 Å². The molecule has 92 valence electrons. The lowest BCUT2D eigenvalue weighted by Gasteiger charge is -2.36. The molecule has 0 spiro atoms. The Labute approximate surface area is 98.0 Å². The molecule has 0 aromatic carbocycles. The molecule has 16 heavy (non-hydrogen) atoms. The molecular formula is C13H23NO2. The van der Waals surface area contributed by atoms with Gasteiger partial charge in [0.05, 0.1) is 18.2 Å². The van der Waals surface area contributed by atoms with E-state index in [-0.39, 0.29) is 11.6 Å². The normalized spacial score (nSPS) is 26.0. The first kappa shape index (κ1) is 11.9. The predicted octanol–water partition coefficient (Wildman–Crippen LogP) is 2.36. The Hall–Kier alpha value is -0.540. The topological polar surface area (TPSA) is 44.5 Å². The van der Waals surface area contributed by atoms with E-state index in [0.29, 0.717) is 0 Å². The Morgan fingerprint density at radius 1 is 1.44 bits per heavy atom. The van der Waals surface area contributed by atoms with Crippen LogP contribution in [0.25, 0.3) is 0 Å². The molecule has 1 heterocycles. The number of hydrogen-bond acceptors (Lipinski definition) is 3. The molecule has 1 unspecified atom stereocenters. The standard InChI is InChI=1S/C13H23NO2/c1-2-16-13(8-4-5-9-13)12(14)11-7-3-6-10-15-11/h7,12H,2-6,8-10,14H2,1H3. The van der Waals surface area contributed by atoms with E-state index in [0.717, 1.165) is 44.7 Å². The SMILES string of the molecule is CCOC1(C(N)C2=CCCCO2)CCCC1. The van der Waals surface area contributed by atoms with Crippen LogP contribution in [0, 0.1) is 0 Å². The van der Waals surface area contributed by atoms with Gasteiger partial charge in [0.2, 0.25) is 0 Å². The smallest absolute Gasteiger partial charge is 0.112 e. The van der Waals surface area contributed by atoms with Crippen molar-refractivity contribution in [3.63, 3.8) is 0 Å². The molecule has 0 saturated heterocycles. The monoisotopic (exact) mass is 225 g/mol. The maximum atomic E-state index is 6.36. The van der Waals surface area contributed by atoms with Crippen LogP contribution in [0.2, 0.25) is 0 Å². The van der Waals surface area contributed by atoms with Gasteiger partial charge in [0.1, 0.15) is 5.76 Å². The molecule has 0 bridgehead atoms. The van der Waals surface area contributed by atoms with Gasteiger partial charge in [-0.25, -0.2) is 0 Å². The summed E-state index contributed by atoms with van der Waals surface area (Å²) in [7, 11) is 0. The van der Waals surface area contributed by atoms with Crippen LogP contribution in [0.3, 0.4) is 0 Å². The van der Waals surface area contributed by atoms with Crippen molar-refractivity contribution in [1.29, 1.82) is 0 Å². The van der Waals surface area contributed by atoms with E-state index in [9.17, 15) is 0 Å². The van der Waals surface area contributed by atoms with Gasteiger partial charge in [-0.1, -0.05) is 12.8 Å². The average molecular weight is 225 g/mol. The van der Waals surface area contributed by atoms with E-state index in [1.54, 1.807) is 0 Å². The molecule has 1 aliphatic carbocycles. The Morgan fingerprint density at radius 2 is 2.19 bits per heavy atom. The summed E-state index contributed by atoms with van der Waals surface area (Å²) in [6.45, 7) is 3.59. The van der Waals surface area contributed by atoms with E-state index in [1.165, 1.54) is 12.8 Å². The highest BCUT2D eigenvalue weighted by molar-refractivity contribution is 5.14. The van der Waals surface area contributed by atoms with Gasteiger partial charge in [-0.3, -0.25) is 0 Å². The van der Waals surface area contributed by atoms with Crippen molar-refractivity contribution in [2.75, 3.05) is 13.2 Å². The lowest BCUT2D eigenvalue weighted by molar-refractivity contribution is -0.0566. The minimum Gasteiger partial charge on any atom is -0.496 e. The molecule has 1 atom stereocenters. The van der Waals surface area contributed by atoms with Crippen molar-refractivity contribution in [3.8, 4) is 0 Å². The molecule has 2 N–H and O–H groups in total. The molecule has 1 aliphatic heterocycles. The quantitative estimate of drug-likeness (QED) is 0.798. The zero-order valence-electron chi connectivity index (χ0n) is 10.2. The molecule has 0 amide bonds. The second-order valence-electron chi connectivity index (χ2n) is 4.78. The van der Waals surface area contributed by atoms with Crippen molar-refractivity contribution in [2.24, 2.45) is 5.73 Å². The van der Waals surface area contributed by atoms with Crippen molar-refractivity contribution < 1.29 is 9.47 Å². The van der Waals surface area contributed by atoms with Gasteiger partial charge in [-0.15, -0.1) is 0 Å². The summed E-state index contributed by atoms with van der Waals surface area (Å²) in [5.74, 6) is 0.960. The number of nitrogens with two attached hydrogens (primary N) is 1. The fourth-order valence-electron chi connectivity index (χ4n) is 2.86. The molecule has 1 saturated carbocycles. The van der Waals surface area contributed by atoms with Crippen LogP contribution >= 0.6 is 0 Å². The van der Waals surface area contributed by atoms with E-state index >= 15 is 0 Å². The Morgan fingerprint density at radius 3 is 2.75 bits per heavy atom. The van der Waals surface area contributed by atoms with Gasteiger partial charge in [0, 0.05) is 6.61 Å². The lowest BCUT2D eigenvalue weighted by atomic mass is 9.90. The summed E-state index contributed by atoms with van der Waals surface area (Å²) >= 11 is 0. The summed E-state index contributed by atoms with van der Waals surface area (Å²) in [5, 5.41) is 0. The second-order valence-corrected chi connectivity index (χ2v) is 4.78. The zero-order valence-corrected chi connectivity index (χ0v) is 10.2. The minimum absolute atomic E-state index is 0.0738. The maximum Gasteiger partial charge on any atom is 0.112 e. The van der Waals surface area contributed by atoms with Crippen LogP contribution in [0.5, 0.6) is 0 Å². The highest BCUT2D eigenvalue weighted by atomic mass is 16.5. The molecule has 0 aromatic heterocycles. The fraction of sp³-hybridized carbons (Fsp3) is 0.846. The van der Waals surface area contributed by atoms with E-state index in [4.69, 9.17) is 15.2 Å². The molecule has 0 radical (unpaired) electrons. The largest absolute Gasteiger partial charge is 0.496 e. The molecule has 2 aliphatic rings. The Balaban J connectivity index is 2.09. The van der Waals surface area contributed by atoms with Gasteiger partial charge in [0.25, 0.3) is 0 Å². The molecule has 2 rings (SSSR count). The van der Waals surface area contributed by atoms with Crippen LogP contribution in [0.4, 0.5) is 0 Å². The van der Waals surface area contributed by atoms with Crippen LogP contribution in [-0.4, -0.2) is 24.9 Å². The molecule has 3 nitrogen and oxygen atoms in total. The van der Waals surface area contributed by atoms with Crippen LogP contribution in [0.15, 0.2) is 11.8 Å². The highest BCUT2D eigenvalue weighted by Crippen LogP contribution is 2.38. The van der Waals surface area contributed by atoms with Gasteiger partial charge in [0.15, 0.2) is 0 Å². The maximum absolute atomic E-state index is 6.36. The van der Waals surface area contributed by atoms with Crippen LogP contribution in [0.1, 0.15) is 45.4 Å². The van der Waals surface area contributed by atoms with E-state index < -0.39 is 0 Å². The number of hydrogen-bond donors (Lipinski definition) is 1. The first-order valence-corrected chi connectivity index (χ1v) is 6.51. The van der Waals surface area contributed by atoms with E-state index in [1.807, 2.05) is 6.92 Å². The first-order chi connectivity index (χ1) is 7.78. The fourth-order valence-corrected chi connectivity index (χ4v) is 2.86. The third-order valence-corrected chi connectivity index (χ3v) is 3.72. The molecule has 3 heteroatoms. The van der Waals surface area contributed by atoms with Crippen LogP contribution in [-0.2, 0) is 9.47 Å². The van der Waals surface area contributed by atoms with Crippen molar-refractivity contribution in [2.45, 2.75) is 57.1 Å². The third kappa shape index (κ3) is 2.25. The number of allylic oxidation sites excluding steroid dienone is 1. The molecule has 0 aromatic rings. The van der Waals surface area contributed by atoms with Gasteiger partial charge in [-0.2, -0.15) is 0 Å². The minimum atomic E-state index is -0.155. The summed E-state index contributed by atoms with van der Waals surface area (Å²) in [6.07, 6.45) is 8.93. The molecule has 1 fully saturated rings. The van der Waals surface area contributed by atoms with Crippen molar-refractivity contribution in [1.82, 2.24) is 0 Å². The Bertz CT molecular complexity index is 257. The van der Waals surface area contributed by atoms with Gasteiger partial charge >= 0.3 is 0 Å². The van der Waals surface area contributed by atoms with E-state index in [2.05, 4.69) is 6.08 Å². The number of ether oxygens (including phenoxy) is 2. The Kier molecular flexibility index (Phi) is 3.87. The van der Waals surface area contributed by atoms with Gasteiger partial charge < -0.3 is 15.2 Å². The van der Waals surface area contributed by atoms with Gasteiger partial charge in [-0.05, 0) is 38.7 Å². The lowest BCUT2D eigenvalue weighted by Crippen LogP contribution is -2.50. The summed E-state index contributed by atoms with van der Waals surface area (Å²) in [5.41, 5.74) is 6.20. The first-order valence-electron chi connectivity index (χ1n) is 6.51. The molecular weight excluding hydrogens is 202 g/mol. The average Bonchev–Trinajstić information content (AvgIpc) is 2.80. The highest BCUT2D eigenvalue weighted by Gasteiger charge is 2.42. The van der Waals surface area contributed by atoms with Crippen molar-refractivity contribution >= 4 is 0 Å².